The smallest absolute Gasteiger partial charge is 0.311 e. The molecule has 0 radical (unpaired) electrons. The van der Waals surface area contributed by atoms with Crippen LogP contribution in [-0.4, -0.2) is 21.2 Å². The third-order valence-corrected chi connectivity index (χ3v) is 2.29. The number of rotatable bonds is 5. The first-order chi connectivity index (χ1) is 9.20. The summed E-state index contributed by atoms with van der Waals surface area (Å²) >= 11 is 0. The molecule has 0 aliphatic heterocycles. The van der Waals surface area contributed by atoms with Gasteiger partial charge >= 0.3 is 5.69 Å². The zero-order valence-electron chi connectivity index (χ0n) is 9.72. The zero-order chi connectivity index (χ0) is 13.7. The highest BCUT2D eigenvalue weighted by molar-refractivity contribution is 5.77. The van der Waals surface area contributed by atoms with Gasteiger partial charge in [-0.25, -0.2) is 9.97 Å². The van der Waals surface area contributed by atoms with E-state index in [2.05, 4.69) is 9.97 Å². The Balaban J connectivity index is 2.20. The average Bonchev–Trinajstić information content (AvgIpc) is 2.46. The van der Waals surface area contributed by atoms with Gasteiger partial charge in [-0.3, -0.25) is 14.9 Å². The summed E-state index contributed by atoms with van der Waals surface area (Å²) in [4.78, 5) is 28.7. The summed E-state index contributed by atoms with van der Waals surface area (Å²) in [6, 6.07) is 5.64. The van der Waals surface area contributed by atoms with E-state index >= 15 is 0 Å². The molecule has 0 aliphatic rings. The number of aromatic nitrogens is 2. The topological polar surface area (TPSA) is 95.2 Å². The molecule has 2 aromatic rings. The monoisotopic (exact) mass is 259 g/mol. The Morgan fingerprint density at radius 1 is 1.32 bits per heavy atom. The SMILES string of the molecule is O=Cc1ccc(OCc2ncccn2)c([N+](=O)[O-])c1. The van der Waals surface area contributed by atoms with Crippen molar-refractivity contribution < 1.29 is 14.5 Å². The molecular formula is C12H9N3O4. The van der Waals surface area contributed by atoms with E-state index in [0.717, 1.165) is 6.07 Å². The Morgan fingerprint density at radius 2 is 2.05 bits per heavy atom. The molecule has 2 rings (SSSR count). The van der Waals surface area contributed by atoms with Gasteiger partial charge in [0, 0.05) is 24.0 Å². The molecule has 0 amide bonds. The number of nitro groups is 1. The second kappa shape index (κ2) is 5.67. The Morgan fingerprint density at radius 3 is 2.68 bits per heavy atom. The van der Waals surface area contributed by atoms with Crippen LogP contribution in [0, 0.1) is 10.1 Å². The maximum absolute atomic E-state index is 10.9. The molecule has 0 bridgehead atoms. The Hall–Kier alpha value is -2.83. The summed E-state index contributed by atoms with van der Waals surface area (Å²) in [6.07, 6.45) is 3.64. The molecule has 1 aromatic heterocycles. The fourth-order valence-electron chi connectivity index (χ4n) is 1.42. The van der Waals surface area contributed by atoms with Crippen LogP contribution in [0.25, 0.3) is 0 Å². The molecule has 0 atom stereocenters. The van der Waals surface area contributed by atoms with Crippen molar-refractivity contribution in [2.45, 2.75) is 6.61 Å². The van der Waals surface area contributed by atoms with Gasteiger partial charge in [-0.2, -0.15) is 0 Å². The van der Waals surface area contributed by atoms with Crippen LogP contribution in [0.4, 0.5) is 5.69 Å². The highest BCUT2D eigenvalue weighted by Gasteiger charge is 2.16. The van der Waals surface area contributed by atoms with Crippen molar-refractivity contribution in [1.29, 1.82) is 0 Å². The minimum atomic E-state index is -0.603. The van der Waals surface area contributed by atoms with Crippen LogP contribution in [0.1, 0.15) is 16.2 Å². The normalized spacial score (nSPS) is 9.89. The first-order valence-electron chi connectivity index (χ1n) is 5.33. The van der Waals surface area contributed by atoms with Gasteiger partial charge in [0.05, 0.1) is 4.92 Å². The number of nitro benzene ring substituents is 1. The lowest BCUT2D eigenvalue weighted by Gasteiger charge is -2.05. The molecule has 19 heavy (non-hydrogen) atoms. The van der Waals surface area contributed by atoms with Gasteiger partial charge in [0.1, 0.15) is 12.9 Å². The molecule has 0 unspecified atom stereocenters. The molecule has 0 fully saturated rings. The second-order valence-corrected chi connectivity index (χ2v) is 3.56. The van der Waals surface area contributed by atoms with E-state index in [9.17, 15) is 14.9 Å². The summed E-state index contributed by atoms with van der Waals surface area (Å²) in [7, 11) is 0. The van der Waals surface area contributed by atoms with E-state index in [4.69, 9.17) is 4.74 Å². The number of benzene rings is 1. The summed E-state index contributed by atoms with van der Waals surface area (Å²) in [5, 5.41) is 10.9. The van der Waals surface area contributed by atoms with E-state index < -0.39 is 4.92 Å². The molecular weight excluding hydrogens is 250 g/mol. The van der Waals surface area contributed by atoms with Crippen molar-refractivity contribution in [2.24, 2.45) is 0 Å². The molecule has 0 spiro atoms. The van der Waals surface area contributed by atoms with Crippen molar-refractivity contribution in [1.82, 2.24) is 9.97 Å². The van der Waals surface area contributed by atoms with E-state index in [0.29, 0.717) is 12.1 Å². The van der Waals surface area contributed by atoms with Crippen LogP contribution in [0.5, 0.6) is 5.75 Å². The van der Waals surface area contributed by atoms with Crippen LogP contribution in [0.2, 0.25) is 0 Å². The van der Waals surface area contributed by atoms with Crippen molar-refractivity contribution >= 4 is 12.0 Å². The molecule has 7 heteroatoms. The molecule has 96 valence electrons. The van der Waals surface area contributed by atoms with Gasteiger partial charge in [0.15, 0.2) is 11.6 Å². The number of aldehydes is 1. The molecule has 1 aromatic carbocycles. The van der Waals surface area contributed by atoms with Crippen molar-refractivity contribution in [3.05, 3.63) is 58.2 Å². The van der Waals surface area contributed by atoms with Gasteiger partial charge in [0.25, 0.3) is 0 Å². The van der Waals surface area contributed by atoms with Gasteiger partial charge < -0.3 is 4.74 Å². The zero-order valence-corrected chi connectivity index (χ0v) is 9.72. The van der Waals surface area contributed by atoms with E-state index in [1.807, 2.05) is 0 Å². The third kappa shape index (κ3) is 3.09. The maximum atomic E-state index is 10.9. The number of hydrogen-bond acceptors (Lipinski definition) is 6. The molecule has 7 nitrogen and oxygen atoms in total. The minimum absolute atomic E-state index is 0.0160. The van der Waals surface area contributed by atoms with Crippen LogP contribution < -0.4 is 4.74 Å². The minimum Gasteiger partial charge on any atom is -0.479 e. The van der Waals surface area contributed by atoms with Crippen LogP contribution in [0.15, 0.2) is 36.7 Å². The maximum Gasteiger partial charge on any atom is 0.311 e. The lowest BCUT2D eigenvalue weighted by molar-refractivity contribution is -0.386. The van der Waals surface area contributed by atoms with Gasteiger partial charge in [-0.05, 0) is 18.2 Å². The Kier molecular flexibility index (Phi) is 3.77. The van der Waals surface area contributed by atoms with E-state index in [-0.39, 0.29) is 23.6 Å². The molecule has 0 saturated heterocycles. The summed E-state index contributed by atoms with van der Waals surface area (Å²) in [6.45, 7) is 0.0160. The second-order valence-electron chi connectivity index (χ2n) is 3.56. The third-order valence-electron chi connectivity index (χ3n) is 2.29. The van der Waals surface area contributed by atoms with Gasteiger partial charge in [-0.15, -0.1) is 0 Å². The predicted octanol–water partition coefficient (Wildman–Crippen LogP) is 1.78. The fraction of sp³-hybridized carbons (Fsp3) is 0.0833. The van der Waals surface area contributed by atoms with Crippen molar-refractivity contribution in [3.8, 4) is 5.75 Å². The van der Waals surface area contributed by atoms with Gasteiger partial charge in [-0.1, -0.05) is 0 Å². The van der Waals surface area contributed by atoms with Crippen molar-refractivity contribution in [3.63, 3.8) is 0 Å². The summed E-state index contributed by atoms with van der Waals surface area (Å²) < 4.78 is 5.30. The Labute approximate surface area is 108 Å². The van der Waals surface area contributed by atoms with Crippen molar-refractivity contribution in [2.75, 3.05) is 0 Å². The molecule has 0 aliphatic carbocycles. The first-order valence-corrected chi connectivity index (χ1v) is 5.33. The Bertz CT molecular complexity index is 601. The first kappa shape index (κ1) is 12.6. The molecule has 0 saturated carbocycles. The highest BCUT2D eigenvalue weighted by Crippen LogP contribution is 2.27. The fourth-order valence-corrected chi connectivity index (χ4v) is 1.42. The highest BCUT2D eigenvalue weighted by atomic mass is 16.6. The standard InChI is InChI=1S/C12H9N3O4/c16-7-9-2-3-11(10(6-9)15(17)18)19-8-12-13-4-1-5-14-12/h1-7H,8H2. The average molecular weight is 259 g/mol. The number of hydrogen-bond donors (Lipinski definition) is 0. The van der Waals surface area contributed by atoms with E-state index in [1.54, 1.807) is 18.5 Å². The predicted molar refractivity (Wildman–Crippen MR) is 64.8 cm³/mol. The number of nitrogens with zero attached hydrogens (tertiary/aromatic N) is 3. The van der Waals surface area contributed by atoms with Crippen LogP contribution in [0.3, 0.4) is 0 Å². The van der Waals surface area contributed by atoms with Crippen LogP contribution >= 0.6 is 0 Å². The number of carbonyl (C=O) groups is 1. The van der Waals surface area contributed by atoms with Gasteiger partial charge in [0.2, 0.25) is 0 Å². The molecule has 0 N–H and O–H groups in total. The number of ether oxygens (including phenoxy) is 1. The molecule has 1 heterocycles. The largest absolute Gasteiger partial charge is 0.479 e. The van der Waals surface area contributed by atoms with Crippen LogP contribution in [-0.2, 0) is 6.61 Å². The lowest BCUT2D eigenvalue weighted by atomic mass is 10.2. The van der Waals surface area contributed by atoms with E-state index in [1.165, 1.54) is 12.1 Å². The quantitative estimate of drug-likeness (QED) is 0.461. The summed E-state index contributed by atoms with van der Waals surface area (Å²) in [5.74, 6) is 0.485. The lowest BCUT2D eigenvalue weighted by Crippen LogP contribution is -2.02. The summed E-state index contributed by atoms with van der Waals surface area (Å²) in [5.41, 5.74) is -0.0458. The number of carbonyl (C=O) groups excluding carboxylic acids is 1.